The molecule has 26 heavy (non-hydrogen) atoms. The third kappa shape index (κ3) is 4.88. The van der Waals surface area contributed by atoms with Gasteiger partial charge < -0.3 is 25.4 Å². The summed E-state index contributed by atoms with van der Waals surface area (Å²) >= 11 is 0. The maximum atomic E-state index is 12.8. The molecule has 0 bridgehead atoms. The first-order chi connectivity index (χ1) is 12.3. The van der Waals surface area contributed by atoms with Crippen molar-refractivity contribution in [2.75, 3.05) is 33.9 Å². The maximum absolute atomic E-state index is 12.8. The lowest BCUT2D eigenvalue weighted by atomic mass is 9.93. The van der Waals surface area contributed by atoms with Crippen molar-refractivity contribution < 1.29 is 19.1 Å². The van der Waals surface area contributed by atoms with Crippen LogP contribution in [-0.2, 0) is 4.79 Å². The normalized spacial score (nSPS) is 15.5. The molecular formula is C19H29N3O4. The van der Waals surface area contributed by atoms with Gasteiger partial charge in [0, 0.05) is 42.7 Å². The van der Waals surface area contributed by atoms with Crippen LogP contribution in [0.4, 0.5) is 0 Å². The Hall–Kier alpha value is -2.28. The summed E-state index contributed by atoms with van der Waals surface area (Å²) in [6.45, 7) is 5.27. The number of nitrogens with two attached hydrogens (primary N) is 1. The smallest absolute Gasteiger partial charge is 0.254 e. The van der Waals surface area contributed by atoms with Crippen LogP contribution in [-0.4, -0.2) is 56.1 Å². The van der Waals surface area contributed by atoms with E-state index in [1.807, 2.05) is 13.8 Å². The van der Waals surface area contributed by atoms with Gasteiger partial charge in [0.15, 0.2) is 0 Å². The summed E-state index contributed by atoms with van der Waals surface area (Å²) in [5.74, 6) is 0.987. The van der Waals surface area contributed by atoms with E-state index in [0.717, 1.165) is 0 Å². The van der Waals surface area contributed by atoms with Crippen molar-refractivity contribution in [2.45, 2.75) is 32.2 Å². The van der Waals surface area contributed by atoms with E-state index >= 15 is 0 Å². The van der Waals surface area contributed by atoms with Crippen molar-refractivity contribution >= 4 is 11.8 Å². The van der Waals surface area contributed by atoms with Crippen LogP contribution >= 0.6 is 0 Å². The van der Waals surface area contributed by atoms with Crippen LogP contribution in [0.2, 0.25) is 0 Å². The van der Waals surface area contributed by atoms with E-state index in [1.54, 1.807) is 37.3 Å². The lowest BCUT2D eigenvalue weighted by molar-refractivity contribution is -0.127. The lowest BCUT2D eigenvalue weighted by Crippen LogP contribution is -2.52. The highest BCUT2D eigenvalue weighted by Crippen LogP contribution is 2.25. The van der Waals surface area contributed by atoms with Crippen molar-refractivity contribution in [1.29, 1.82) is 0 Å². The van der Waals surface area contributed by atoms with Gasteiger partial charge in [-0.2, -0.15) is 0 Å². The van der Waals surface area contributed by atoms with Gasteiger partial charge in [0.05, 0.1) is 14.2 Å². The first-order valence-corrected chi connectivity index (χ1v) is 8.84. The molecule has 0 radical (unpaired) electrons. The van der Waals surface area contributed by atoms with Gasteiger partial charge in [0.25, 0.3) is 5.91 Å². The zero-order valence-corrected chi connectivity index (χ0v) is 16.0. The number of likely N-dealkylation sites (tertiary alicyclic amines) is 1. The molecule has 1 saturated heterocycles. The molecule has 0 aromatic heterocycles. The average molecular weight is 363 g/mol. The number of rotatable bonds is 6. The van der Waals surface area contributed by atoms with Crippen molar-refractivity contribution in [3.05, 3.63) is 23.8 Å². The highest BCUT2D eigenvalue weighted by molar-refractivity contribution is 5.95. The Morgan fingerprint density at radius 3 is 2.15 bits per heavy atom. The molecule has 7 heteroatoms. The van der Waals surface area contributed by atoms with E-state index in [-0.39, 0.29) is 17.7 Å². The van der Waals surface area contributed by atoms with Gasteiger partial charge in [0.2, 0.25) is 5.91 Å². The van der Waals surface area contributed by atoms with E-state index in [9.17, 15) is 9.59 Å². The second kappa shape index (κ2) is 8.40. The standard InChI is InChI=1S/C19H29N3O4/c1-19(2,12-20)21-17(23)13-5-7-22(8-6-13)18(24)14-9-15(25-3)11-16(10-14)26-4/h9-11,13H,5-8,12,20H2,1-4H3,(H,21,23). The third-order valence-electron chi connectivity index (χ3n) is 4.72. The number of nitrogens with zero attached hydrogens (tertiary/aromatic N) is 1. The van der Waals surface area contributed by atoms with E-state index < -0.39 is 5.54 Å². The van der Waals surface area contributed by atoms with Crippen LogP contribution in [0.1, 0.15) is 37.0 Å². The minimum absolute atomic E-state index is 0.00981. The topological polar surface area (TPSA) is 93.9 Å². The molecule has 2 rings (SSSR count). The van der Waals surface area contributed by atoms with Crippen molar-refractivity contribution in [1.82, 2.24) is 10.2 Å². The fraction of sp³-hybridized carbons (Fsp3) is 0.579. The predicted molar refractivity (Wildman–Crippen MR) is 99.4 cm³/mol. The molecule has 0 spiro atoms. The molecule has 0 aliphatic carbocycles. The number of carbonyl (C=O) groups is 2. The summed E-state index contributed by atoms with van der Waals surface area (Å²) < 4.78 is 10.5. The van der Waals surface area contributed by atoms with Gasteiger partial charge in [-0.15, -0.1) is 0 Å². The number of hydrogen-bond donors (Lipinski definition) is 2. The fourth-order valence-corrected chi connectivity index (χ4v) is 2.94. The zero-order valence-electron chi connectivity index (χ0n) is 16.0. The number of benzene rings is 1. The average Bonchev–Trinajstić information content (AvgIpc) is 2.66. The molecule has 0 saturated carbocycles. The van der Waals surface area contributed by atoms with Crippen molar-refractivity contribution in [3.63, 3.8) is 0 Å². The Morgan fingerprint density at radius 1 is 1.15 bits per heavy atom. The molecule has 1 fully saturated rings. The minimum atomic E-state index is -0.415. The Labute approximate surface area is 154 Å². The quantitative estimate of drug-likeness (QED) is 0.797. The van der Waals surface area contributed by atoms with Crippen molar-refractivity contribution in [2.24, 2.45) is 11.7 Å². The van der Waals surface area contributed by atoms with Crippen LogP contribution in [0.3, 0.4) is 0 Å². The van der Waals surface area contributed by atoms with E-state index in [1.165, 1.54) is 0 Å². The molecule has 1 aromatic carbocycles. The Kier molecular flexibility index (Phi) is 6.47. The predicted octanol–water partition coefficient (Wildman–Crippen LogP) is 1.41. The second-order valence-corrected chi connectivity index (χ2v) is 7.25. The van der Waals surface area contributed by atoms with Crippen LogP contribution in [0.5, 0.6) is 11.5 Å². The zero-order chi connectivity index (χ0) is 19.3. The second-order valence-electron chi connectivity index (χ2n) is 7.25. The van der Waals surface area contributed by atoms with Gasteiger partial charge in [-0.25, -0.2) is 0 Å². The Balaban J connectivity index is 1.99. The number of carbonyl (C=O) groups excluding carboxylic acids is 2. The van der Waals surface area contributed by atoms with Crippen LogP contribution in [0, 0.1) is 5.92 Å². The molecule has 1 aliphatic rings. The Bertz CT molecular complexity index is 630. The molecule has 0 atom stereocenters. The molecule has 1 aromatic rings. The summed E-state index contributed by atoms with van der Waals surface area (Å²) in [5.41, 5.74) is 5.78. The first kappa shape index (κ1) is 20.0. The summed E-state index contributed by atoms with van der Waals surface area (Å²) in [4.78, 5) is 26.9. The van der Waals surface area contributed by atoms with E-state index in [0.29, 0.717) is 49.5 Å². The van der Waals surface area contributed by atoms with Crippen LogP contribution in [0.25, 0.3) is 0 Å². The molecule has 0 unspecified atom stereocenters. The monoisotopic (exact) mass is 363 g/mol. The van der Waals surface area contributed by atoms with E-state index in [2.05, 4.69) is 5.32 Å². The molecular weight excluding hydrogens is 334 g/mol. The fourth-order valence-electron chi connectivity index (χ4n) is 2.94. The molecule has 1 heterocycles. The van der Waals surface area contributed by atoms with Crippen molar-refractivity contribution in [3.8, 4) is 11.5 Å². The van der Waals surface area contributed by atoms with Gasteiger partial charge >= 0.3 is 0 Å². The lowest BCUT2D eigenvalue weighted by Gasteiger charge is -2.33. The van der Waals surface area contributed by atoms with Gasteiger partial charge in [-0.3, -0.25) is 9.59 Å². The molecule has 7 nitrogen and oxygen atoms in total. The summed E-state index contributed by atoms with van der Waals surface area (Å²) in [6.07, 6.45) is 1.28. The molecule has 1 aliphatic heterocycles. The largest absolute Gasteiger partial charge is 0.497 e. The highest BCUT2D eigenvalue weighted by atomic mass is 16.5. The maximum Gasteiger partial charge on any atom is 0.254 e. The molecule has 144 valence electrons. The SMILES string of the molecule is COc1cc(OC)cc(C(=O)N2CCC(C(=O)NC(C)(C)CN)CC2)c1. The van der Waals surface area contributed by atoms with Gasteiger partial charge in [0.1, 0.15) is 11.5 Å². The number of nitrogens with one attached hydrogen (secondary N) is 1. The van der Waals surface area contributed by atoms with E-state index in [4.69, 9.17) is 15.2 Å². The third-order valence-corrected chi connectivity index (χ3v) is 4.72. The summed E-state index contributed by atoms with van der Waals surface area (Å²) in [5, 5.41) is 2.98. The van der Waals surface area contributed by atoms with Crippen LogP contribution in [0.15, 0.2) is 18.2 Å². The molecule has 2 amide bonds. The minimum Gasteiger partial charge on any atom is -0.497 e. The highest BCUT2D eigenvalue weighted by Gasteiger charge is 2.30. The number of piperidine rings is 1. The summed E-state index contributed by atoms with van der Waals surface area (Å²) in [7, 11) is 3.10. The number of ether oxygens (including phenoxy) is 2. The van der Waals surface area contributed by atoms with Gasteiger partial charge in [-0.1, -0.05) is 0 Å². The first-order valence-electron chi connectivity index (χ1n) is 8.84. The number of hydrogen-bond acceptors (Lipinski definition) is 5. The molecule has 3 N–H and O–H groups in total. The van der Waals surface area contributed by atoms with Gasteiger partial charge in [-0.05, 0) is 38.8 Å². The number of amides is 2. The van der Waals surface area contributed by atoms with Crippen LogP contribution < -0.4 is 20.5 Å². The Morgan fingerprint density at radius 2 is 1.69 bits per heavy atom. The number of methoxy groups -OCH3 is 2. The summed E-state index contributed by atoms with van der Waals surface area (Å²) in [6, 6.07) is 5.13.